The van der Waals surface area contributed by atoms with Gasteiger partial charge >= 0.3 is 6.18 Å². The fourth-order valence-electron chi connectivity index (χ4n) is 3.34. The Hall–Kier alpha value is -2.31. The van der Waals surface area contributed by atoms with Crippen molar-refractivity contribution in [2.24, 2.45) is 0 Å². The highest BCUT2D eigenvalue weighted by molar-refractivity contribution is 5.88. The van der Waals surface area contributed by atoms with Gasteiger partial charge in [0.1, 0.15) is 0 Å². The van der Waals surface area contributed by atoms with Gasteiger partial charge in [-0.1, -0.05) is 31.0 Å². The van der Waals surface area contributed by atoms with Crippen LogP contribution in [0.5, 0.6) is 0 Å². The van der Waals surface area contributed by atoms with Crippen LogP contribution in [-0.2, 0) is 22.9 Å². The standard InChI is InChI=1S/C17H18F3N3O/c18-17(19,20)13-5-3-4-12(8-13)16(6-1-2-7-16)15(24)22-10-14-9-21-11-23-14/h3-5,8-9,11H,1-2,6-7,10H2,(H,21,23)(H,22,24). The number of rotatable bonds is 4. The van der Waals surface area contributed by atoms with E-state index in [1.807, 2.05) is 0 Å². The number of halogens is 3. The molecule has 1 aliphatic carbocycles. The number of hydrogen-bond acceptors (Lipinski definition) is 2. The van der Waals surface area contributed by atoms with Crippen LogP contribution in [0.4, 0.5) is 13.2 Å². The van der Waals surface area contributed by atoms with E-state index in [1.165, 1.54) is 12.4 Å². The normalized spacial score (nSPS) is 17.0. The number of aromatic amines is 1. The SMILES string of the molecule is O=C(NCc1cnc[nH]1)C1(c2cccc(C(F)(F)F)c2)CCCC1. The Morgan fingerprint density at radius 1 is 1.29 bits per heavy atom. The minimum absolute atomic E-state index is 0.228. The molecule has 1 heterocycles. The molecule has 3 rings (SSSR count). The molecule has 0 unspecified atom stereocenters. The van der Waals surface area contributed by atoms with E-state index in [-0.39, 0.29) is 12.5 Å². The highest BCUT2D eigenvalue weighted by Crippen LogP contribution is 2.43. The Labute approximate surface area is 137 Å². The van der Waals surface area contributed by atoms with Gasteiger partial charge in [-0.2, -0.15) is 13.2 Å². The van der Waals surface area contributed by atoms with Crippen molar-refractivity contribution in [2.75, 3.05) is 0 Å². The third kappa shape index (κ3) is 3.16. The smallest absolute Gasteiger partial charge is 0.350 e. The Balaban J connectivity index is 1.86. The first-order valence-corrected chi connectivity index (χ1v) is 7.85. The van der Waals surface area contributed by atoms with Crippen LogP contribution in [0.2, 0.25) is 0 Å². The fraction of sp³-hybridized carbons (Fsp3) is 0.412. The lowest BCUT2D eigenvalue weighted by Gasteiger charge is -2.29. The summed E-state index contributed by atoms with van der Waals surface area (Å²) < 4.78 is 39.0. The van der Waals surface area contributed by atoms with Gasteiger partial charge in [-0.3, -0.25) is 4.79 Å². The van der Waals surface area contributed by atoms with Gasteiger partial charge in [0.05, 0.1) is 29.5 Å². The van der Waals surface area contributed by atoms with E-state index in [2.05, 4.69) is 15.3 Å². The van der Waals surface area contributed by atoms with Gasteiger partial charge in [-0.05, 0) is 24.5 Å². The van der Waals surface area contributed by atoms with Crippen LogP contribution in [-0.4, -0.2) is 15.9 Å². The van der Waals surface area contributed by atoms with Crippen LogP contribution in [0.15, 0.2) is 36.8 Å². The number of H-pyrrole nitrogens is 1. The maximum atomic E-state index is 13.0. The molecule has 0 radical (unpaired) electrons. The van der Waals surface area contributed by atoms with Gasteiger partial charge in [0, 0.05) is 6.20 Å². The maximum Gasteiger partial charge on any atom is 0.416 e. The lowest BCUT2D eigenvalue weighted by Crippen LogP contribution is -2.42. The number of aromatic nitrogens is 2. The molecule has 0 saturated heterocycles. The van der Waals surface area contributed by atoms with E-state index in [0.717, 1.165) is 30.7 Å². The minimum Gasteiger partial charge on any atom is -0.350 e. The summed E-state index contributed by atoms with van der Waals surface area (Å²) in [6, 6.07) is 5.15. The zero-order chi connectivity index (χ0) is 17.2. The monoisotopic (exact) mass is 337 g/mol. The first kappa shape index (κ1) is 16.5. The molecule has 1 aromatic heterocycles. The molecule has 128 valence electrons. The number of nitrogens with one attached hydrogen (secondary N) is 2. The molecule has 2 aromatic rings. The Kier molecular flexibility index (Phi) is 4.34. The average Bonchev–Trinajstić information content (AvgIpc) is 3.24. The van der Waals surface area contributed by atoms with Gasteiger partial charge in [0.15, 0.2) is 0 Å². The van der Waals surface area contributed by atoms with E-state index in [0.29, 0.717) is 18.4 Å². The molecule has 1 aliphatic rings. The Morgan fingerprint density at radius 2 is 2.04 bits per heavy atom. The highest BCUT2D eigenvalue weighted by Gasteiger charge is 2.43. The molecule has 0 spiro atoms. The summed E-state index contributed by atoms with van der Waals surface area (Å²) in [5, 5.41) is 2.83. The van der Waals surface area contributed by atoms with Crippen molar-refractivity contribution in [1.29, 1.82) is 0 Å². The molecule has 1 aromatic carbocycles. The van der Waals surface area contributed by atoms with E-state index < -0.39 is 17.2 Å². The van der Waals surface area contributed by atoms with Crippen molar-refractivity contribution < 1.29 is 18.0 Å². The zero-order valence-electron chi connectivity index (χ0n) is 13.0. The summed E-state index contributed by atoms with van der Waals surface area (Å²) in [5.41, 5.74) is -0.411. The second kappa shape index (κ2) is 6.30. The van der Waals surface area contributed by atoms with Crippen LogP contribution < -0.4 is 5.32 Å². The van der Waals surface area contributed by atoms with E-state index in [9.17, 15) is 18.0 Å². The molecule has 0 atom stereocenters. The predicted octanol–water partition coefficient (Wildman–Crippen LogP) is 3.56. The van der Waals surface area contributed by atoms with Crippen molar-refractivity contribution in [3.8, 4) is 0 Å². The van der Waals surface area contributed by atoms with Crippen LogP contribution in [0.25, 0.3) is 0 Å². The largest absolute Gasteiger partial charge is 0.416 e. The lowest BCUT2D eigenvalue weighted by molar-refractivity contribution is -0.138. The van der Waals surface area contributed by atoms with Crippen LogP contribution >= 0.6 is 0 Å². The van der Waals surface area contributed by atoms with Crippen LogP contribution in [0.3, 0.4) is 0 Å². The third-order valence-electron chi connectivity index (χ3n) is 4.63. The molecule has 24 heavy (non-hydrogen) atoms. The molecule has 4 nitrogen and oxygen atoms in total. The molecule has 1 saturated carbocycles. The van der Waals surface area contributed by atoms with Crippen LogP contribution in [0.1, 0.15) is 42.5 Å². The second-order valence-corrected chi connectivity index (χ2v) is 6.13. The van der Waals surface area contributed by atoms with Gasteiger partial charge in [0.2, 0.25) is 5.91 Å². The van der Waals surface area contributed by atoms with Gasteiger partial charge in [-0.15, -0.1) is 0 Å². The maximum absolute atomic E-state index is 13.0. The number of hydrogen-bond donors (Lipinski definition) is 2. The summed E-state index contributed by atoms with van der Waals surface area (Å²) in [6.45, 7) is 0.277. The van der Waals surface area contributed by atoms with Gasteiger partial charge in [0.25, 0.3) is 0 Å². The summed E-state index contributed by atoms with van der Waals surface area (Å²) >= 11 is 0. The number of imidazole rings is 1. The summed E-state index contributed by atoms with van der Waals surface area (Å²) in [4.78, 5) is 19.6. The zero-order valence-corrected chi connectivity index (χ0v) is 13.0. The van der Waals surface area contributed by atoms with Crippen LogP contribution in [0, 0.1) is 0 Å². The fourth-order valence-corrected chi connectivity index (χ4v) is 3.34. The number of carbonyl (C=O) groups is 1. The molecule has 0 aliphatic heterocycles. The molecule has 2 N–H and O–H groups in total. The Morgan fingerprint density at radius 3 is 2.67 bits per heavy atom. The van der Waals surface area contributed by atoms with Crippen molar-refractivity contribution in [2.45, 2.75) is 43.8 Å². The first-order chi connectivity index (χ1) is 11.4. The van der Waals surface area contributed by atoms with E-state index in [4.69, 9.17) is 0 Å². The molecule has 1 amide bonds. The number of carbonyl (C=O) groups excluding carboxylic acids is 1. The lowest BCUT2D eigenvalue weighted by atomic mass is 9.77. The first-order valence-electron chi connectivity index (χ1n) is 7.85. The number of alkyl halides is 3. The second-order valence-electron chi connectivity index (χ2n) is 6.13. The molecule has 7 heteroatoms. The number of nitrogens with zero attached hydrogens (tertiary/aromatic N) is 1. The quantitative estimate of drug-likeness (QED) is 0.896. The topological polar surface area (TPSA) is 57.8 Å². The summed E-state index contributed by atoms with van der Waals surface area (Å²) in [5.74, 6) is -0.228. The predicted molar refractivity (Wildman–Crippen MR) is 82.0 cm³/mol. The third-order valence-corrected chi connectivity index (χ3v) is 4.63. The van der Waals surface area contributed by atoms with Gasteiger partial charge in [-0.25, -0.2) is 4.98 Å². The minimum atomic E-state index is -4.41. The molecule has 0 bridgehead atoms. The average molecular weight is 337 g/mol. The molecule has 1 fully saturated rings. The Bertz CT molecular complexity index is 704. The molecular weight excluding hydrogens is 319 g/mol. The van der Waals surface area contributed by atoms with Crippen molar-refractivity contribution in [3.63, 3.8) is 0 Å². The van der Waals surface area contributed by atoms with Crippen molar-refractivity contribution in [3.05, 3.63) is 53.6 Å². The molecular formula is C17H18F3N3O. The van der Waals surface area contributed by atoms with Crippen molar-refractivity contribution >= 4 is 5.91 Å². The van der Waals surface area contributed by atoms with E-state index >= 15 is 0 Å². The highest BCUT2D eigenvalue weighted by atomic mass is 19.4. The van der Waals surface area contributed by atoms with E-state index in [1.54, 1.807) is 12.3 Å². The number of amides is 1. The summed E-state index contributed by atoms with van der Waals surface area (Å²) in [6.07, 6.45) is 1.47. The van der Waals surface area contributed by atoms with Gasteiger partial charge < -0.3 is 10.3 Å². The van der Waals surface area contributed by atoms with Crippen molar-refractivity contribution in [1.82, 2.24) is 15.3 Å². The number of benzene rings is 1. The summed E-state index contributed by atoms with van der Waals surface area (Å²) in [7, 11) is 0.